The number of sulfonamides is 1. The highest BCUT2D eigenvalue weighted by atomic mass is 32.2. The second kappa shape index (κ2) is 9.17. The molecule has 1 amide bonds. The number of carbonyl (C=O) groups excluding carboxylic acids is 1. The van der Waals surface area contributed by atoms with Crippen LogP contribution in [0.25, 0.3) is 0 Å². The minimum absolute atomic E-state index is 0.0813. The average Bonchev–Trinajstić information content (AvgIpc) is 3.24. The fourth-order valence-corrected chi connectivity index (χ4v) is 5.55. The highest BCUT2D eigenvalue weighted by Gasteiger charge is 2.26. The lowest BCUT2D eigenvalue weighted by Crippen LogP contribution is -2.39. The van der Waals surface area contributed by atoms with E-state index in [0.29, 0.717) is 18.8 Å². The van der Waals surface area contributed by atoms with Crippen molar-refractivity contribution >= 4 is 33.0 Å². The topological polar surface area (TPSA) is 78.5 Å². The van der Waals surface area contributed by atoms with Gasteiger partial charge in [-0.1, -0.05) is 12.5 Å². The van der Waals surface area contributed by atoms with Gasteiger partial charge in [0, 0.05) is 29.7 Å². The maximum atomic E-state index is 12.7. The number of thiophene rings is 1. The fourth-order valence-electron chi connectivity index (χ4n) is 3.29. The first-order valence-corrected chi connectivity index (χ1v) is 11.9. The number of carbonyl (C=O) groups is 1. The van der Waals surface area contributed by atoms with Crippen molar-refractivity contribution in [2.75, 3.05) is 18.4 Å². The largest absolute Gasteiger partial charge is 0.325 e. The van der Waals surface area contributed by atoms with Crippen LogP contribution in [0.2, 0.25) is 0 Å². The molecule has 0 bridgehead atoms. The van der Waals surface area contributed by atoms with E-state index in [0.717, 1.165) is 19.3 Å². The van der Waals surface area contributed by atoms with Crippen molar-refractivity contribution < 1.29 is 13.2 Å². The van der Waals surface area contributed by atoms with Gasteiger partial charge in [0.25, 0.3) is 0 Å². The molecule has 2 heterocycles. The van der Waals surface area contributed by atoms with Crippen LogP contribution in [-0.4, -0.2) is 37.8 Å². The van der Waals surface area contributed by atoms with Gasteiger partial charge >= 0.3 is 0 Å². The van der Waals surface area contributed by atoms with Crippen LogP contribution >= 0.6 is 11.3 Å². The number of nitrogens with one attached hydrogen (secondary N) is 2. The summed E-state index contributed by atoms with van der Waals surface area (Å²) < 4.78 is 26.9. The lowest BCUT2D eigenvalue weighted by molar-refractivity contribution is -0.117. The molecule has 152 valence electrons. The number of benzene rings is 1. The molecule has 1 aromatic heterocycles. The summed E-state index contributed by atoms with van der Waals surface area (Å²) in [6.07, 6.45) is 2.89. The van der Waals surface area contributed by atoms with Gasteiger partial charge in [-0.2, -0.15) is 4.31 Å². The zero-order valence-electron chi connectivity index (χ0n) is 16.2. The minimum Gasteiger partial charge on any atom is -0.325 e. The minimum atomic E-state index is -3.46. The second-order valence-electron chi connectivity index (χ2n) is 7.10. The molecule has 1 aliphatic rings. The molecule has 1 fully saturated rings. The maximum absolute atomic E-state index is 12.7. The van der Waals surface area contributed by atoms with Crippen molar-refractivity contribution in [3.8, 4) is 0 Å². The van der Waals surface area contributed by atoms with E-state index in [1.807, 2.05) is 31.4 Å². The average molecular weight is 422 g/mol. The number of nitrogens with zero attached hydrogens (tertiary/aromatic N) is 1. The molecule has 28 heavy (non-hydrogen) atoms. The molecule has 1 saturated heterocycles. The Kier molecular flexibility index (Phi) is 6.87. The Morgan fingerprint density at radius 2 is 1.75 bits per heavy atom. The van der Waals surface area contributed by atoms with E-state index in [1.165, 1.54) is 4.88 Å². The number of anilines is 1. The first kappa shape index (κ1) is 21.0. The zero-order valence-corrected chi connectivity index (χ0v) is 17.9. The van der Waals surface area contributed by atoms with Crippen LogP contribution < -0.4 is 10.6 Å². The van der Waals surface area contributed by atoms with Crippen molar-refractivity contribution in [1.82, 2.24) is 9.62 Å². The lowest BCUT2D eigenvalue weighted by atomic mass is 10.2. The van der Waals surface area contributed by atoms with Gasteiger partial charge in [0.15, 0.2) is 0 Å². The molecule has 1 aromatic carbocycles. The van der Waals surface area contributed by atoms with Crippen molar-refractivity contribution in [2.24, 2.45) is 0 Å². The molecule has 2 atom stereocenters. The van der Waals surface area contributed by atoms with E-state index in [2.05, 4.69) is 10.6 Å². The quantitative estimate of drug-likeness (QED) is 0.716. The van der Waals surface area contributed by atoms with Crippen molar-refractivity contribution in [3.05, 3.63) is 46.7 Å². The molecule has 1 aliphatic heterocycles. The van der Waals surface area contributed by atoms with Crippen LogP contribution in [0.4, 0.5) is 5.69 Å². The van der Waals surface area contributed by atoms with E-state index in [-0.39, 0.29) is 22.9 Å². The summed E-state index contributed by atoms with van der Waals surface area (Å²) in [5, 5.41) is 8.13. The molecule has 0 saturated carbocycles. The third kappa shape index (κ3) is 5.00. The molecular weight excluding hydrogens is 394 g/mol. The second-order valence-corrected chi connectivity index (χ2v) is 10.0. The van der Waals surface area contributed by atoms with Crippen molar-refractivity contribution in [2.45, 2.75) is 50.1 Å². The number of hydrogen-bond donors (Lipinski definition) is 2. The van der Waals surface area contributed by atoms with Crippen LogP contribution in [0.15, 0.2) is 46.7 Å². The molecule has 2 aromatic rings. The first-order valence-electron chi connectivity index (χ1n) is 9.58. The molecule has 6 nitrogen and oxygen atoms in total. The summed E-state index contributed by atoms with van der Waals surface area (Å²) in [5.41, 5.74) is 0.583. The van der Waals surface area contributed by atoms with Gasteiger partial charge in [-0.25, -0.2) is 8.42 Å². The molecule has 3 rings (SSSR count). The van der Waals surface area contributed by atoms with E-state index in [9.17, 15) is 13.2 Å². The van der Waals surface area contributed by atoms with Crippen LogP contribution in [0, 0.1) is 0 Å². The van der Waals surface area contributed by atoms with Gasteiger partial charge in [0.2, 0.25) is 15.9 Å². The third-order valence-electron chi connectivity index (χ3n) is 4.94. The Labute approximate surface area is 171 Å². The molecule has 2 N–H and O–H groups in total. The highest BCUT2D eigenvalue weighted by Crippen LogP contribution is 2.22. The van der Waals surface area contributed by atoms with Crippen molar-refractivity contribution in [1.29, 1.82) is 0 Å². The zero-order chi connectivity index (χ0) is 20.1. The molecule has 0 spiro atoms. The predicted octanol–water partition coefficient (Wildman–Crippen LogP) is 3.60. The summed E-state index contributed by atoms with van der Waals surface area (Å²) in [4.78, 5) is 13.9. The van der Waals surface area contributed by atoms with Gasteiger partial charge in [-0.15, -0.1) is 11.3 Å². The Bertz CT molecular complexity index is 874. The smallest absolute Gasteiger partial charge is 0.243 e. The van der Waals surface area contributed by atoms with Crippen LogP contribution in [0.1, 0.15) is 44.0 Å². The van der Waals surface area contributed by atoms with Gasteiger partial charge in [-0.3, -0.25) is 10.1 Å². The lowest BCUT2D eigenvalue weighted by Gasteiger charge is -2.26. The standard InChI is InChI=1S/C20H27N3O3S2/c1-15(19-7-6-14-27-19)21-16(2)20(24)22-17-8-10-18(11-9-17)28(25,26)23-12-4-3-5-13-23/h6-11,14-16,21H,3-5,12-13H2,1-2H3,(H,22,24)/t15-,16+/m1/s1. The highest BCUT2D eigenvalue weighted by molar-refractivity contribution is 7.89. The van der Waals surface area contributed by atoms with Crippen LogP contribution in [0.3, 0.4) is 0 Å². The number of hydrogen-bond acceptors (Lipinski definition) is 5. The van der Waals surface area contributed by atoms with Crippen molar-refractivity contribution in [3.63, 3.8) is 0 Å². The predicted molar refractivity (Wildman–Crippen MR) is 113 cm³/mol. The van der Waals surface area contributed by atoms with Crippen LogP contribution in [0.5, 0.6) is 0 Å². The Morgan fingerprint density at radius 1 is 1.07 bits per heavy atom. The SMILES string of the molecule is C[C@H](N[C@H](C)c1cccs1)C(=O)Nc1ccc(S(=O)(=O)N2CCCCC2)cc1. The van der Waals surface area contributed by atoms with E-state index < -0.39 is 10.0 Å². The number of rotatable bonds is 7. The summed E-state index contributed by atoms with van der Waals surface area (Å²) in [7, 11) is -3.46. The van der Waals surface area contributed by atoms with Crippen LogP contribution in [-0.2, 0) is 14.8 Å². The summed E-state index contributed by atoms with van der Waals surface area (Å²) in [5.74, 6) is -0.157. The molecule has 0 aliphatic carbocycles. The Hall–Kier alpha value is -1.74. The number of piperidine rings is 1. The van der Waals surface area contributed by atoms with Gasteiger partial charge in [0.1, 0.15) is 0 Å². The summed E-state index contributed by atoms with van der Waals surface area (Å²) in [6, 6.07) is 10.1. The molecule has 8 heteroatoms. The van der Waals surface area contributed by atoms with Gasteiger partial charge < -0.3 is 5.32 Å². The summed E-state index contributed by atoms with van der Waals surface area (Å²) in [6.45, 7) is 4.99. The van der Waals surface area contributed by atoms with E-state index in [1.54, 1.807) is 39.9 Å². The van der Waals surface area contributed by atoms with E-state index in [4.69, 9.17) is 0 Å². The summed E-state index contributed by atoms with van der Waals surface area (Å²) >= 11 is 1.65. The normalized spacial score (nSPS) is 17.8. The number of amides is 1. The van der Waals surface area contributed by atoms with Gasteiger partial charge in [0.05, 0.1) is 10.9 Å². The molecular formula is C20H27N3O3S2. The van der Waals surface area contributed by atoms with E-state index >= 15 is 0 Å². The Balaban J connectivity index is 1.59. The monoisotopic (exact) mass is 421 g/mol. The Morgan fingerprint density at radius 3 is 2.36 bits per heavy atom. The fraction of sp³-hybridized carbons (Fsp3) is 0.450. The van der Waals surface area contributed by atoms with Gasteiger partial charge in [-0.05, 0) is 62.4 Å². The maximum Gasteiger partial charge on any atom is 0.243 e. The third-order valence-corrected chi connectivity index (χ3v) is 7.91. The molecule has 0 unspecified atom stereocenters. The molecule has 0 radical (unpaired) electrons. The first-order chi connectivity index (χ1) is 13.4.